The van der Waals surface area contributed by atoms with Gasteiger partial charge >= 0.3 is 0 Å². The van der Waals surface area contributed by atoms with E-state index in [9.17, 15) is 33.9 Å². The van der Waals surface area contributed by atoms with Crippen molar-refractivity contribution in [2.45, 2.75) is 96.1 Å². The summed E-state index contributed by atoms with van der Waals surface area (Å²) < 4.78 is 0. The highest BCUT2D eigenvalue weighted by molar-refractivity contribution is 7.80. The van der Waals surface area contributed by atoms with E-state index in [0.29, 0.717) is 18.4 Å². The van der Waals surface area contributed by atoms with Gasteiger partial charge in [-0.2, -0.15) is 25.3 Å². The van der Waals surface area contributed by atoms with Gasteiger partial charge in [-0.15, -0.1) is 0 Å². The first-order valence-corrected chi connectivity index (χ1v) is 18.4. The average molecular weight is 769 g/mol. The van der Waals surface area contributed by atoms with Gasteiger partial charge in [0, 0.05) is 18.1 Å². The van der Waals surface area contributed by atoms with Gasteiger partial charge in [-0.25, -0.2) is 0 Å². The van der Waals surface area contributed by atoms with Gasteiger partial charge in [0.1, 0.15) is 36.0 Å². The first kappa shape index (κ1) is 45.8. The van der Waals surface area contributed by atoms with Crippen LogP contribution >= 0.6 is 25.3 Å². The summed E-state index contributed by atoms with van der Waals surface area (Å²) in [6.07, 6.45) is 1.44. The smallest absolute Gasteiger partial charge is 0.244 e. The number of phenolic OH excluding ortho intramolecular Hbond substituents is 1. The van der Waals surface area contributed by atoms with Crippen LogP contribution in [0.5, 0.6) is 5.75 Å². The number of carbonyl (C=O) groups excluding carboxylic acids is 6. The van der Waals surface area contributed by atoms with E-state index in [2.05, 4.69) is 56.8 Å². The normalized spacial score (nSPS) is 15.6. The highest BCUT2D eigenvalue weighted by atomic mass is 32.1. The summed E-state index contributed by atoms with van der Waals surface area (Å²) in [5.41, 5.74) is 23.1. The van der Waals surface area contributed by atoms with E-state index >= 15 is 0 Å². The van der Waals surface area contributed by atoms with Crippen LogP contribution in [0.3, 0.4) is 0 Å². The molecule has 0 heterocycles. The van der Waals surface area contributed by atoms with Gasteiger partial charge in [-0.05, 0) is 48.8 Å². The molecule has 1 rings (SSSR count). The molecule has 6 amide bonds. The van der Waals surface area contributed by atoms with Crippen molar-refractivity contribution in [3.63, 3.8) is 0 Å². The number of hydrogen-bond donors (Lipinski definition) is 12. The maximum Gasteiger partial charge on any atom is 0.244 e. The number of benzene rings is 1. The van der Waals surface area contributed by atoms with Crippen molar-refractivity contribution in [1.29, 1.82) is 0 Å². The number of carbonyl (C=O) groups is 6. The Morgan fingerprint density at radius 2 is 1.17 bits per heavy atom. The maximum absolute atomic E-state index is 13.7. The molecule has 1 aromatic rings. The quantitative estimate of drug-likeness (QED) is 0.0256. The van der Waals surface area contributed by atoms with Crippen LogP contribution in [0.25, 0.3) is 0 Å². The summed E-state index contributed by atoms with van der Waals surface area (Å²) in [6.45, 7) is 7.27. The number of thiol groups is 2. The number of nitrogens with zero attached hydrogens (tertiary/aromatic N) is 1. The standard InChI is InChI=1S/C33H56N10O7S2/c1-5-17(3)25(27(35)45)42-31(49)24(16-52)41-32(50)26(18(4)6-2)43-29(47)22(8-7-13-38-33(36)37)39-30(48)23(15-51)40-28(46)21(34)14-19-9-11-20(44)12-10-19/h9-12,17-18,21-26,44,51-52H,5-8,13-16,34H2,1-4H3,(H2,35,45)(H,39,48)(H,40,46)(H,41,50)(H,42,49)(H,43,47)(H4,36,37,38)/t17-,18-,21-,22-,23-,24-,25-,26-/m0/s1. The number of phenols is 1. The third-order valence-electron chi connectivity index (χ3n) is 8.55. The fraction of sp³-hybridized carbons (Fsp3) is 0.606. The highest BCUT2D eigenvalue weighted by Crippen LogP contribution is 2.13. The Morgan fingerprint density at radius 1 is 0.712 bits per heavy atom. The Labute approximate surface area is 315 Å². The number of aliphatic imine (C=N–C) groups is 1. The van der Waals surface area contributed by atoms with Crippen molar-refractivity contribution in [1.82, 2.24) is 26.6 Å². The Hall–Kier alpha value is -4.23. The number of amides is 6. The molecule has 0 radical (unpaired) electrons. The van der Waals surface area contributed by atoms with Crippen molar-refractivity contribution in [2.75, 3.05) is 18.1 Å². The average Bonchev–Trinajstić information content (AvgIpc) is 3.11. The molecular formula is C33H56N10O7S2. The Morgan fingerprint density at radius 3 is 1.67 bits per heavy atom. The van der Waals surface area contributed by atoms with Crippen molar-refractivity contribution < 1.29 is 33.9 Å². The third kappa shape index (κ3) is 15.6. The molecule has 1 aromatic carbocycles. The van der Waals surface area contributed by atoms with Gasteiger partial charge in [0.15, 0.2) is 5.96 Å². The maximum atomic E-state index is 13.7. The van der Waals surface area contributed by atoms with Crippen LogP contribution in [0, 0.1) is 11.8 Å². The van der Waals surface area contributed by atoms with E-state index in [-0.39, 0.29) is 54.9 Å². The zero-order chi connectivity index (χ0) is 39.5. The van der Waals surface area contributed by atoms with Crippen LogP contribution in [0.2, 0.25) is 0 Å². The summed E-state index contributed by atoms with van der Waals surface area (Å²) in [7, 11) is 0. The molecule has 0 aliphatic heterocycles. The second kappa shape index (κ2) is 23.4. The first-order valence-electron chi connectivity index (χ1n) is 17.1. The molecule has 52 heavy (non-hydrogen) atoms. The van der Waals surface area contributed by atoms with E-state index in [4.69, 9.17) is 22.9 Å². The van der Waals surface area contributed by atoms with Crippen molar-refractivity contribution in [3.8, 4) is 5.75 Å². The number of nitrogens with two attached hydrogens (primary N) is 4. The molecular weight excluding hydrogens is 713 g/mol. The lowest BCUT2D eigenvalue weighted by molar-refractivity contribution is -0.135. The van der Waals surface area contributed by atoms with Crippen LogP contribution in [-0.2, 0) is 35.2 Å². The summed E-state index contributed by atoms with van der Waals surface area (Å²) >= 11 is 8.42. The fourth-order valence-corrected chi connectivity index (χ4v) is 5.41. The van der Waals surface area contributed by atoms with Crippen molar-refractivity contribution in [3.05, 3.63) is 29.8 Å². The van der Waals surface area contributed by atoms with E-state index in [1.165, 1.54) is 12.1 Å². The number of rotatable bonds is 23. The second-order valence-electron chi connectivity index (χ2n) is 12.6. The number of guanidine groups is 1. The zero-order valence-corrected chi connectivity index (χ0v) is 31.9. The van der Waals surface area contributed by atoms with Gasteiger partial charge in [0.2, 0.25) is 35.4 Å². The SMILES string of the molecule is CC[C@H](C)[C@H](NC(=O)[C@H](CS)NC(=O)[C@@H](NC(=O)[C@H](CCCN=C(N)N)NC(=O)[C@H](CS)NC(=O)[C@@H](N)Cc1ccc(O)cc1)[C@@H](C)CC)C(N)=O. The Kier molecular flexibility index (Phi) is 20.6. The summed E-state index contributed by atoms with van der Waals surface area (Å²) in [4.78, 5) is 82.6. The van der Waals surface area contributed by atoms with Crippen LogP contribution in [0.1, 0.15) is 58.9 Å². The van der Waals surface area contributed by atoms with Gasteiger partial charge < -0.3 is 54.6 Å². The van der Waals surface area contributed by atoms with Gasteiger partial charge in [0.05, 0.1) is 6.04 Å². The van der Waals surface area contributed by atoms with Crippen LogP contribution in [0.15, 0.2) is 29.3 Å². The lowest BCUT2D eigenvalue weighted by atomic mass is 9.96. The number of nitrogens with one attached hydrogen (secondary N) is 5. The second-order valence-corrected chi connectivity index (χ2v) is 13.4. The zero-order valence-electron chi connectivity index (χ0n) is 30.1. The van der Waals surface area contributed by atoms with Crippen LogP contribution in [0.4, 0.5) is 0 Å². The van der Waals surface area contributed by atoms with E-state index in [1.807, 2.05) is 13.8 Å². The third-order valence-corrected chi connectivity index (χ3v) is 9.28. The van der Waals surface area contributed by atoms with Crippen LogP contribution in [-0.4, -0.2) is 101 Å². The van der Waals surface area contributed by atoms with Gasteiger partial charge in [0.25, 0.3) is 0 Å². The van der Waals surface area contributed by atoms with Gasteiger partial charge in [-0.3, -0.25) is 33.8 Å². The van der Waals surface area contributed by atoms with E-state index in [1.54, 1.807) is 26.0 Å². The predicted molar refractivity (Wildman–Crippen MR) is 205 cm³/mol. The molecule has 0 aromatic heterocycles. The number of aromatic hydroxyl groups is 1. The molecule has 0 saturated heterocycles. The fourth-order valence-electron chi connectivity index (χ4n) is 4.89. The molecule has 0 saturated carbocycles. The molecule has 0 spiro atoms. The topological polar surface area (TPSA) is 299 Å². The van der Waals surface area contributed by atoms with Crippen LogP contribution < -0.4 is 49.5 Å². The Balaban J connectivity index is 3.16. The molecule has 17 nitrogen and oxygen atoms in total. The predicted octanol–water partition coefficient (Wildman–Crippen LogP) is -1.82. The van der Waals surface area contributed by atoms with Crippen molar-refractivity contribution in [2.24, 2.45) is 39.8 Å². The monoisotopic (exact) mass is 768 g/mol. The molecule has 0 unspecified atom stereocenters. The lowest BCUT2D eigenvalue weighted by Gasteiger charge is -2.29. The lowest BCUT2D eigenvalue weighted by Crippen LogP contribution is -2.61. The highest BCUT2D eigenvalue weighted by Gasteiger charge is 2.34. The molecule has 292 valence electrons. The number of primary amides is 1. The molecule has 8 atom stereocenters. The Bertz CT molecular complexity index is 1380. The molecule has 19 heteroatoms. The molecule has 0 fully saturated rings. The van der Waals surface area contributed by atoms with Crippen molar-refractivity contribution >= 4 is 66.7 Å². The summed E-state index contributed by atoms with van der Waals surface area (Å²) in [5, 5.41) is 22.6. The summed E-state index contributed by atoms with van der Waals surface area (Å²) in [5.74, 6) is -5.22. The molecule has 0 aliphatic rings. The first-order chi connectivity index (χ1) is 24.5. The number of hydrogen-bond acceptors (Lipinski definition) is 11. The summed E-state index contributed by atoms with van der Waals surface area (Å²) in [6, 6.07) is -0.552. The minimum Gasteiger partial charge on any atom is -0.508 e. The minimum absolute atomic E-state index is 0.0442. The molecule has 0 aliphatic carbocycles. The molecule has 14 N–H and O–H groups in total. The minimum atomic E-state index is -1.21. The van der Waals surface area contributed by atoms with E-state index in [0.717, 1.165) is 0 Å². The van der Waals surface area contributed by atoms with Gasteiger partial charge in [-0.1, -0.05) is 52.7 Å². The molecule has 0 bridgehead atoms. The largest absolute Gasteiger partial charge is 0.508 e. The van der Waals surface area contributed by atoms with E-state index < -0.39 is 77.6 Å².